The molecule has 1 aliphatic rings. The Kier molecular flexibility index (Phi) is 4.49. The summed E-state index contributed by atoms with van der Waals surface area (Å²) in [6.07, 6.45) is 6.62. The van der Waals surface area contributed by atoms with Gasteiger partial charge in [0.05, 0.1) is 13.7 Å². The van der Waals surface area contributed by atoms with Crippen molar-refractivity contribution in [1.82, 2.24) is 5.32 Å². The van der Waals surface area contributed by atoms with Gasteiger partial charge in [0.2, 0.25) is 0 Å². The SMILES string of the molecule is COc1cccc2cc(CNC3CCCC(C)CC3)oc12. The van der Waals surface area contributed by atoms with Crippen molar-refractivity contribution in [2.24, 2.45) is 5.92 Å². The maximum Gasteiger partial charge on any atom is 0.176 e. The molecule has 1 aromatic heterocycles. The smallest absolute Gasteiger partial charge is 0.176 e. The molecule has 1 saturated carbocycles. The van der Waals surface area contributed by atoms with Crippen molar-refractivity contribution in [3.8, 4) is 5.75 Å². The van der Waals surface area contributed by atoms with Gasteiger partial charge in [0.1, 0.15) is 5.76 Å². The standard InChI is InChI=1S/C18H25NO2/c1-13-5-3-7-15(10-9-13)19-12-16-11-14-6-4-8-17(20-2)18(14)21-16/h4,6,8,11,13,15,19H,3,5,7,9-10,12H2,1-2H3. The first kappa shape index (κ1) is 14.5. The summed E-state index contributed by atoms with van der Waals surface area (Å²) in [5.41, 5.74) is 0.853. The third-order valence-corrected chi connectivity index (χ3v) is 4.60. The van der Waals surface area contributed by atoms with Gasteiger partial charge in [-0.3, -0.25) is 0 Å². The lowest BCUT2D eigenvalue weighted by Crippen LogP contribution is -2.27. The Morgan fingerprint density at radius 3 is 3.00 bits per heavy atom. The fourth-order valence-corrected chi connectivity index (χ4v) is 3.27. The van der Waals surface area contributed by atoms with E-state index in [1.807, 2.05) is 12.1 Å². The third kappa shape index (κ3) is 3.41. The maximum absolute atomic E-state index is 5.95. The van der Waals surface area contributed by atoms with Gasteiger partial charge in [-0.25, -0.2) is 0 Å². The van der Waals surface area contributed by atoms with E-state index < -0.39 is 0 Å². The number of fused-ring (bicyclic) bond motifs is 1. The van der Waals surface area contributed by atoms with Gasteiger partial charge in [0.25, 0.3) is 0 Å². The number of benzene rings is 1. The fraction of sp³-hybridized carbons (Fsp3) is 0.556. The van der Waals surface area contributed by atoms with Crippen molar-refractivity contribution in [3.63, 3.8) is 0 Å². The number of nitrogens with one attached hydrogen (secondary N) is 1. The van der Waals surface area contributed by atoms with Crippen molar-refractivity contribution in [2.45, 2.75) is 51.6 Å². The first-order chi connectivity index (χ1) is 10.3. The quantitative estimate of drug-likeness (QED) is 0.841. The molecule has 0 spiro atoms. The molecule has 0 amide bonds. The van der Waals surface area contributed by atoms with Crippen LogP contribution in [0, 0.1) is 5.92 Å². The monoisotopic (exact) mass is 287 g/mol. The Bertz CT molecular complexity index is 590. The average Bonchev–Trinajstić information content (AvgIpc) is 2.81. The van der Waals surface area contributed by atoms with E-state index in [1.165, 1.54) is 32.1 Å². The topological polar surface area (TPSA) is 34.4 Å². The summed E-state index contributed by atoms with van der Waals surface area (Å²) in [5.74, 6) is 2.68. The van der Waals surface area contributed by atoms with Crippen LogP contribution in [0.3, 0.4) is 0 Å². The lowest BCUT2D eigenvalue weighted by atomic mass is 10.0. The highest BCUT2D eigenvalue weighted by molar-refractivity contribution is 5.83. The molecule has 1 N–H and O–H groups in total. The molecule has 1 aliphatic carbocycles. The Morgan fingerprint density at radius 2 is 2.14 bits per heavy atom. The summed E-state index contributed by atoms with van der Waals surface area (Å²) in [4.78, 5) is 0. The van der Waals surface area contributed by atoms with Crippen LogP contribution in [0.1, 0.15) is 44.8 Å². The van der Waals surface area contributed by atoms with E-state index in [2.05, 4.69) is 24.4 Å². The van der Waals surface area contributed by atoms with Crippen molar-refractivity contribution < 1.29 is 9.15 Å². The molecule has 1 aromatic carbocycles. The molecule has 3 nitrogen and oxygen atoms in total. The molecule has 3 rings (SSSR count). The van der Waals surface area contributed by atoms with E-state index in [9.17, 15) is 0 Å². The van der Waals surface area contributed by atoms with E-state index in [4.69, 9.17) is 9.15 Å². The van der Waals surface area contributed by atoms with Crippen molar-refractivity contribution >= 4 is 11.0 Å². The number of rotatable bonds is 4. The third-order valence-electron chi connectivity index (χ3n) is 4.60. The molecular formula is C18H25NO2. The zero-order chi connectivity index (χ0) is 14.7. The number of hydrogen-bond acceptors (Lipinski definition) is 3. The van der Waals surface area contributed by atoms with Crippen LogP contribution in [0.15, 0.2) is 28.7 Å². The van der Waals surface area contributed by atoms with E-state index in [-0.39, 0.29) is 0 Å². The molecule has 1 heterocycles. The normalized spacial score (nSPS) is 23.1. The van der Waals surface area contributed by atoms with Crippen molar-refractivity contribution in [1.29, 1.82) is 0 Å². The largest absolute Gasteiger partial charge is 0.493 e. The Balaban J connectivity index is 1.65. The second-order valence-electron chi connectivity index (χ2n) is 6.28. The minimum atomic E-state index is 0.630. The van der Waals surface area contributed by atoms with Crippen LogP contribution in [0.5, 0.6) is 5.75 Å². The summed E-state index contributed by atoms with van der Waals surface area (Å²) in [6, 6.07) is 8.75. The Morgan fingerprint density at radius 1 is 1.24 bits per heavy atom. The van der Waals surface area contributed by atoms with Gasteiger partial charge in [-0.15, -0.1) is 0 Å². The van der Waals surface area contributed by atoms with Gasteiger partial charge >= 0.3 is 0 Å². The van der Waals surface area contributed by atoms with Crippen LogP contribution in [0.2, 0.25) is 0 Å². The highest BCUT2D eigenvalue weighted by Crippen LogP contribution is 2.29. The zero-order valence-electron chi connectivity index (χ0n) is 13.0. The Hall–Kier alpha value is -1.48. The lowest BCUT2D eigenvalue weighted by Gasteiger charge is -2.15. The summed E-state index contributed by atoms with van der Waals surface area (Å²) >= 11 is 0. The second kappa shape index (κ2) is 6.52. The highest BCUT2D eigenvalue weighted by atomic mass is 16.5. The van der Waals surface area contributed by atoms with E-state index in [0.29, 0.717) is 6.04 Å². The predicted molar refractivity (Wildman–Crippen MR) is 85.6 cm³/mol. The zero-order valence-corrected chi connectivity index (χ0v) is 13.0. The van der Waals surface area contributed by atoms with Crippen LogP contribution < -0.4 is 10.1 Å². The molecule has 3 heteroatoms. The fourth-order valence-electron chi connectivity index (χ4n) is 3.27. The van der Waals surface area contributed by atoms with E-state index in [1.54, 1.807) is 7.11 Å². The van der Waals surface area contributed by atoms with Crippen molar-refractivity contribution in [3.05, 3.63) is 30.0 Å². The van der Waals surface area contributed by atoms with Gasteiger partial charge < -0.3 is 14.5 Å². The lowest BCUT2D eigenvalue weighted by molar-refractivity contribution is 0.398. The number of ether oxygens (including phenoxy) is 1. The molecule has 21 heavy (non-hydrogen) atoms. The molecular weight excluding hydrogens is 262 g/mol. The minimum Gasteiger partial charge on any atom is -0.493 e. The summed E-state index contributed by atoms with van der Waals surface area (Å²) in [5, 5.41) is 4.77. The summed E-state index contributed by atoms with van der Waals surface area (Å²) < 4.78 is 11.3. The highest BCUT2D eigenvalue weighted by Gasteiger charge is 2.16. The van der Waals surface area contributed by atoms with Gasteiger partial charge in [0.15, 0.2) is 11.3 Å². The molecule has 0 aliphatic heterocycles. The van der Waals surface area contributed by atoms with Gasteiger partial charge in [-0.05, 0) is 37.3 Å². The number of furan rings is 1. The first-order valence-corrected chi connectivity index (χ1v) is 8.05. The molecule has 0 radical (unpaired) electrons. The molecule has 0 bridgehead atoms. The van der Waals surface area contributed by atoms with Crippen LogP contribution in [0.4, 0.5) is 0 Å². The van der Waals surface area contributed by atoms with Crippen LogP contribution in [-0.4, -0.2) is 13.2 Å². The molecule has 0 saturated heterocycles. The predicted octanol–water partition coefficient (Wildman–Crippen LogP) is 4.50. The first-order valence-electron chi connectivity index (χ1n) is 8.05. The molecule has 2 aromatic rings. The van der Waals surface area contributed by atoms with Crippen molar-refractivity contribution in [2.75, 3.05) is 7.11 Å². The van der Waals surface area contributed by atoms with Gasteiger partial charge in [0, 0.05) is 11.4 Å². The van der Waals surface area contributed by atoms with E-state index in [0.717, 1.165) is 34.9 Å². The number of para-hydroxylation sites is 1. The average molecular weight is 287 g/mol. The van der Waals surface area contributed by atoms with Gasteiger partial charge in [-0.1, -0.05) is 31.9 Å². The maximum atomic E-state index is 5.95. The molecule has 2 unspecified atom stereocenters. The number of methoxy groups -OCH3 is 1. The molecule has 1 fully saturated rings. The second-order valence-corrected chi connectivity index (χ2v) is 6.28. The van der Waals surface area contributed by atoms with Crippen LogP contribution >= 0.6 is 0 Å². The van der Waals surface area contributed by atoms with Crippen LogP contribution in [-0.2, 0) is 6.54 Å². The summed E-state index contributed by atoms with van der Waals surface area (Å²) in [6.45, 7) is 3.17. The number of hydrogen-bond donors (Lipinski definition) is 1. The van der Waals surface area contributed by atoms with Crippen LogP contribution in [0.25, 0.3) is 11.0 Å². The Labute approximate surface area is 126 Å². The summed E-state index contributed by atoms with van der Waals surface area (Å²) in [7, 11) is 1.68. The minimum absolute atomic E-state index is 0.630. The molecule has 2 atom stereocenters. The van der Waals surface area contributed by atoms with E-state index >= 15 is 0 Å². The molecule has 114 valence electrons. The van der Waals surface area contributed by atoms with Gasteiger partial charge in [-0.2, -0.15) is 0 Å².